The highest BCUT2D eigenvalue weighted by Gasteiger charge is 2.38. The molecule has 1 saturated heterocycles. The van der Waals surface area contributed by atoms with Crippen LogP contribution >= 0.6 is 0 Å². The van der Waals surface area contributed by atoms with E-state index in [1.807, 2.05) is 20.2 Å². The molecule has 1 aliphatic carbocycles. The van der Waals surface area contributed by atoms with Crippen molar-refractivity contribution in [2.24, 2.45) is 7.05 Å². The number of anilines is 1. The van der Waals surface area contributed by atoms with Gasteiger partial charge in [-0.1, -0.05) is 19.3 Å². The maximum absolute atomic E-state index is 12.3. The molecule has 2 N–H and O–H groups in total. The van der Waals surface area contributed by atoms with E-state index in [0.717, 1.165) is 50.5 Å². The van der Waals surface area contributed by atoms with Crippen molar-refractivity contribution >= 4 is 11.7 Å². The molecule has 0 bridgehead atoms. The van der Waals surface area contributed by atoms with Crippen LogP contribution in [0, 0.1) is 6.92 Å². The molecule has 2 fully saturated rings. The van der Waals surface area contributed by atoms with E-state index in [0.29, 0.717) is 6.54 Å². The molecule has 0 unspecified atom stereocenters. The Balaban J connectivity index is 1.60. The summed E-state index contributed by atoms with van der Waals surface area (Å²) >= 11 is 0. The number of aromatic nitrogens is 2. The highest BCUT2D eigenvalue weighted by atomic mass is 16.5. The van der Waals surface area contributed by atoms with Crippen LogP contribution < -0.4 is 10.6 Å². The summed E-state index contributed by atoms with van der Waals surface area (Å²) in [5, 5.41) is 10.3. The first-order valence-corrected chi connectivity index (χ1v) is 8.97. The zero-order valence-corrected chi connectivity index (χ0v) is 14.8. The largest absolute Gasteiger partial charge is 0.379 e. The molecule has 134 valence electrons. The van der Waals surface area contributed by atoms with Crippen LogP contribution in [0.3, 0.4) is 0 Å². The number of urea groups is 1. The summed E-state index contributed by atoms with van der Waals surface area (Å²) in [4.78, 5) is 14.9. The maximum Gasteiger partial charge on any atom is 0.319 e. The summed E-state index contributed by atoms with van der Waals surface area (Å²) < 4.78 is 7.21. The summed E-state index contributed by atoms with van der Waals surface area (Å²) in [5.41, 5.74) is 1.68. The molecule has 7 nitrogen and oxygen atoms in total. The molecule has 0 aromatic carbocycles. The smallest absolute Gasteiger partial charge is 0.319 e. The molecule has 2 amide bonds. The van der Waals surface area contributed by atoms with E-state index in [2.05, 4.69) is 20.6 Å². The Kier molecular flexibility index (Phi) is 5.40. The molecule has 1 saturated carbocycles. The average Bonchev–Trinajstić information content (AvgIpc) is 2.92. The Morgan fingerprint density at radius 3 is 2.62 bits per heavy atom. The lowest BCUT2D eigenvalue weighted by atomic mass is 9.80. The molecule has 0 radical (unpaired) electrons. The van der Waals surface area contributed by atoms with Crippen LogP contribution in [0.5, 0.6) is 0 Å². The molecule has 24 heavy (non-hydrogen) atoms. The van der Waals surface area contributed by atoms with E-state index < -0.39 is 0 Å². The van der Waals surface area contributed by atoms with E-state index in [1.165, 1.54) is 19.3 Å². The second-order valence-electron chi connectivity index (χ2n) is 6.99. The highest BCUT2D eigenvalue weighted by molar-refractivity contribution is 5.89. The van der Waals surface area contributed by atoms with Crippen LogP contribution in [0.1, 0.15) is 37.8 Å². The zero-order valence-electron chi connectivity index (χ0n) is 14.8. The summed E-state index contributed by atoms with van der Waals surface area (Å²) in [6.07, 6.45) is 7.91. The number of hydrogen-bond acceptors (Lipinski definition) is 4. The topological polar surface area (TPSA) is 71.4 Å². The second-order valence-corrected chi connectivity index (χ2v) is 6.99. The minimum absolute atomic E-state index is 0.0867. The van der Waals surface area contributed by atoms with Crippen LogP contribution in [-0.4, -0.2) is 59.1 Å². The Morgan fingerprint density at radius 1 is 1.29 bits per heavy atom. The molecule has 0 spiro atoms. The van der Waals surface area contributed by atoms with Crippen molar-refractivity contribution < 1.29 is 9.53 Å². The molecule has 1 aromatic heterocycles. The number of nitrogens with zero attached hydrogens (tertiary/aromatic N) is 3. The van der Waals surface area contributed by atoms with Crippen LogP contribution in [0.2, 0.25) is 0 Å². The van der Waals surface area contributed by atoms with E-state index in [1.54, 1.807) is 4.68 Å². The maximum atomic E-state index is 12.3. The summed E-state index contributed by atoms with van der Waals surface area (Å²) in [6.45, 7) is 6.10. The van der Waals surface area contributed by atoms with Crippen LogP contribution in [0.15, 0.2) is 6.20 Å². The lowest BCUT2D eigenvalue weighted by Crippen LogP contribution is -2.60. The van der Waals surface area contributed by atoms with Crippen molar-refractivity contribution in [2.45, 2.75) is 44.6 Å². The number of hydrogen-bond donors (Lipinski definition) is 2. The van der Waals surface area contributed by atoms with Crippen LogP contribution in [0.25, 0.3) is 0 Å². The second kappa shape index (κ2) is 7.53. The summed E-state index contributed by atoms with van der Waals surface area (Å²) in [5.74, 6) is 0. The van der Waals surface area contributed by atoms with Gasteiger partial charge in [0.15, 0.2) is 0 Å². The van der Waals surface area contributed by atoms with E-state index in [9.17, 15) is 4.79 Å². The number of carbonyl (C=O) groups excluding carboxylic acids is 1. The SMILES string of the molecule is Cc1nn(C)cc1NC(=O)NCC1(N2CCOCC2)CCCCC1. The first-order valence-electron chi connectivity index (χ1n) is 8.97. The normalized spacial score (nSPS) is 21.4. The van der Waals surface area contributed by atoms with Gasteiger partial charge in [0.1, 0.15) is 0 Å². The van der Waals surface area contributed by atoms with Crippen LogP contribution in [-0.2, 0) is 11.8 Å². The lowest BCUT2D eigenvalue weighted by Gasteiger charge is -2.48. The van der Waals surface area contributed by atoms with Crippen molar-refractivity contribution in [3.63, 3.8) is 0 Å². The van der Waals surface area contributed by atoms with Gasteiger partial charge in [0.2, 0.25) is 0 Å². The van der Waals surface area contributed by atoms with Crippen molar-refractivity contribution in [2.75, 3.05) is 38.2 Å². The molecule has 2 aliphatic rings. The average molecular weight is 335 g/mol. The Labute approximate surface area is 143 Å². The Morgan fingerprint density at radius 2 is 2.00 bits per heavy atom. The molecular weight excluding hydrogens is 306 g/mol. The highest BCUT2D eigenvalue weighted by Crippen LogP contribution is 2.33. The van der Waals surface area contributed by atoms with Crippen LogP contribution in [0.4, 0.5) is 10.5 Å². The molecular formula is C17H29N5O2. The van der Waals surface area contributed by atoms with Crippen molar-refractivity contribution in [3.8, 4) is 0 Å². The molecule has 7 heteroatoms. The molecule has 3 rings (SSSR count). The first kappa shape index (κ1) is 17.2. The predicted molar refractivity (Wildman–Crippen MR) is 93.2 cm³/mol. The van der Waals surface area contributed by atoms with Gasteiger partial charge in [-0.2, -0.15) is 5.10 Å². The summed E-state index contributed by atoms with van der Waals surface area (Å²) in [7, 11) is 1.85. The minimum Gasteiger partial charge on any atom is -0.379 e. The van der Waals surface area contributed by atoms with Gasteiger partial charge in [-0.15, -0.1) is 0 Å². The number of amides is 2. The Hall–Kier alpha value is -1.60. The number of carbonyl (C=O) groups is 1. The number of ether oxygens (including phenoxy) is 1. The van der Waals surface area contributed by atoms with Crippen molar-refractivity contribution in [3.05, 3.63) is 11.9 Å². The molecule has 0 atom stereocenters. The fraction of sp³-hybridized carbons (Fsp3) is 0.765. The van der Waals surface area contributed by atoms with Gasteiger partial charge < -0.3 is 15.4 Å². The van der Waals surface area contributed by atoms with E-state index >= 15 is 0 Å². The van der Waals surface area contributed by atoms with Gasteiger partial charge in [0, 0.05) is 38.4 Å². The van der Waals surface area contributed by atoms with Gasteiger partial charge in [-0.05, 0) is 19.8 Å². The van der Waals surface area contributed by atoms with Gasteiger partial charge in [-0.25, -0.2) is 4.79 Å². The third kappa shape index (κ3) is 3.89. The van der Waals surface area contributed by atoms with Gasteiger partial charge in [-0.3, -0.25) is 9.58 Å². The van der Waals surface area contributed by atoms with Gasteiger partial charge >= 0.3 is 6.03 Å². The number of nitrogens with one attached hydrogen (secondary N) is 2. The van der Waals surface area contributed by atoms with Gasteiger partial charge in [0.05, 0.1) is 24.6 Å². The lowest BCUT2D eigenvalue weighted by molar-refractivity contribution is -0.0356. The fourth-order valence-electron chi connectivity index (χ4n) is 3.99. The monoisotopic (exact) mass is 335 g/mol. The number of morpholine rings is 1. The molecule has 1 aliphatic heterocycles. The molecule has 2 heterocycles. The van der Waals surface area contributed by atoms with E-state index in [-0.39, 0.29) is 11.6 Å². The standard InChI is InChI=1S/C17H29N5O2/c1-14-15(12-21(2)20-14)19-16(23)18-13-17(6-4-3-5-7-17)22-8-10-24-11-9-22/h12H,3-11,13H2,1-2H3,(H2,18,19,23). The predicted octanol–water partition coefficient (Wildman–Crippen LogP) is 1.89. The van der Waals surface area contributed by atoms with Crippen molar-refractivity contribution in [1.82, 2.24) is 20.0 Å². The summed E-state index contributed by atoms with van der Waals surface area (Å²) in [6, 6.07) is -0.149. The van der Waals surface area contributed by atoms with E-state index in [4.69, 9.17) is 4.74 Å². The number of aryl methyl sites for hydroxylation is 2. The molecule has 1 aromatic rings. The minimum atomic E-state index is -0.149. The Bertz CT molecular complexity index is 559. The zero-order chi connectivity index (χ0) is 17.0. The third-order valence-electron chi connectivity index (χ3n) is 5.31. The van der Waals surface area contributed by atoms with Crippen molar-refractivity contribution in [1.29, 1.82) is 0 Å². The number of rotatable bonds is 4. The first-order chi connectivity index (χ1) is 11.6. The quantitative estimate of drug-likeness (QED) is 0.881. The fourth-order valence-corrected chi connectivity index (χ4v) is 3.99. The van der Waals surface area contributed by atoms with Gasteiger partial charge in [0.25, 0.3) is 0 Å². The third-order valence-corrected chi connectivity index (χ3v) is 5.31.